The summed E-state index contributed by atoms with van der Waals surface area (Å²) in [6.07, 6.45) is 1.85. The molecule has 19 heavy (non-hydrogen) atoms. The van der Waals surface area contributed by atoms with Crippen LogP contribution in [-0.4, -0.2) is 24.7 Å². The van der Waals surface area contributed by atoms with E-state index >= 15 is 0 Å². The Labute approximate surface area is 112 Å². The minimum Gasteiger partial charge on any atom is -0.385 e. The third-order valence-corrected chi connectivity index (χ3v) is 2.46. The summed E-state index contributed by atoms with van der Waals surface area (Å²) in [5.74, 6) is 0. The molecule has 0 atom stereocenters. The van der Waals surface area contributed by atoms with Gasteiger partial charge < -0.3 is 10.1 Å². The Kier molecular flexibility index (Phi) is 6.33. The molecule has 0 bridgehead atoms. The maximum atomic E-state index is 10.7. The Bertz CT molecular complexity index is 469. The highest BCUT2D eigenvalue weighted by molar-refractivity contribution is 5.58. The van der Waals surface area contributed by atoms with Gasteiger partial charge >= 0.3 is 0 Å². The van der Waals surface area contributed by atoms with Gasteiger partial charge in [-0.3, -0.25) is 10.1 Å². The van der Waals surface area contributed by atoms with Crippen molar-refractivity contribution in [1.82, 2.24) is 0 Å². The van der Waals surface area contributed by atoms with Crippen LogP contribution >= 0.6 is 0 Å². The molecule has 6 heteroatoms. The van der Waals surface area contributed by atoms with E-state index in [9.17, 15) is 10.1 Å². The summed E-state index contributed by atoms with van der Waals surface area (Å²) >= 11 is 0. The second-order valence-corrected chi connectivity index (χ2v) is 3.99. The van der Waals surface area contributed by atoms with E-state index in [2.05, 4.69) is 12.2 Å². The maximum absolute atomic E-state index is 10.7. The standard InChI is InChI=1S/C13H17N3O3/c1-2-7-19-8-3-6-15-12-4-5-13(16(17)18)11(9-12)10-14/h4-5,9,15H,2-3,6-8H2,1H3. The van der Waals surface area contributed by atoms with Gasteiger partial charge in [0.1, 0.15) is 11.6 Å². The lowest BCUT2D eigenvalue weighted by Gasteiger charge is -2.07. The van der Waals surface area contributed by atoms with Gasteiger partial charge in [0.15, 0.2) is 0 Å². The highest BCUT2D eigenvalue weighted by Gasteiger charge is 2.13. The van der Waals surface area contributed by atoms with Gasteiger partial charge in [0.2, 0.25) is 0 Å². The molecule has 0 unspecified atom stereocenters. The van der Waals surface area contributed by atoms with E-state index in [1.54, 1.807) is 6.07 Å². The quantitative estimate of drug-likeness (QED) is 0.442. The van der Waals surface area contributed by atoms with Crippen LogP contribution in [0.1, 0.15) is 25.3 Å². The predicted molar refractivity (Wildman–Crippen MR) is 72.0 cm³/mol. The lowest BCUT2D eigenvalue weighted by atomic mass is 10.1. The second kappa shape index (κ2) is 8.06. The molecular weight excluding hydrogens is 246 g/mol. The zero-order valence-corrected chi connectivity index (χ0v) is 10.9. The topological polar surface area (TPSA) is 88.2 Å². The summed E-state index contributed by atoms with van der Waals surface area (Å²) in [5, 5.41) is 22.6. The smallest absolute Gasteiger partial charge is 0.287 e. The number of hydrogen-bond acceptors (Lipinski definition) is 5. The molecule has 0 aliphatic rings. The van der Waals surface area contributed by atoms with E-state index in [1.807, 2.05) is 6.07 Å². The van der Waals surface area contributed by atoms with Crippen molar-refractivity contribution < 1.29 is 9.66 Å². The Morgan fingerprint density at radius 1 is 1.47 bits per heavy atom. The average Bonchev–Trinajstić information content (AvgIpc) is 2.42. The molecule has 1 rings (SSSR count). The van der Waals surface area contributed by atoms with Crippen molar-refractivity contribution in [2.75, 3.05) is 25.1 Å². The van der Waals surface area contributed by atoms with Crippen LogP contribution in [0, 0.1) is 21.4 Å². The number of anilines is 1. The molecule has 0 aromatic heterocycles. The van der Waals surface area contributed by atoms with Crippen molar-refractivity contribution >= 4 is 11.4 Å². The van der Waals surface area contributed by atoms with Crippen LogP contribution in [0.3, 0.4) is 0 Å². The summed E-state index contributed by atoms with van der Waals surface area (Å²) in [4.78, 5) is 10.1. The van der Waals surface area contributed by atoms with E-state index < -0.39 is 4.92 Å². The number of rotatable bonds is 8. The Morgan fingerprint density at radius 2 is 2.26 bits per heavy atom. The largest absolute Gasteiger partial charge is 0.385 e. The van der Waals surface area contributed by atoms with Crippen molar-refractivity contribution in [2.24, 2.45) is 0 Å². The highest BCUT2D eigenvalue weighted by Crippen LogP contribution is 2.21. The van der Waals surface area contributed by atoms with Gasteiger partial charge in [0.05, 0.1) is 4.92 Å². The zero-order valence-electron chi connectivity index (χ0n) is 10.9. The van der Waals surface area contributed by atoms with Crippen LogP contribution < -0.4 is 5.32 Å². The van der Waals surface area contributed by atoms with E-state index in [0.29, 0.717) is 18.8 Å². The van der Waals surface area contributed by atoms with Gasteiger partial charge in [-0.15, -0.1) is 0 Å². The number of nitro benzene ring substituents is 1. The first-order chi connectivity index (χ1) is 9.19. The molecule has 0 spiro atoms. The third-order valence-electron chi connectivity index (χ3n) is 2.46. The fourth-order valence-corrected chi connectivity index (χ4v) is 1.55. The molecule has 0 saturated carbocycles. The second-order valence-electron chi connectivity index (χ2n) is 3.99. The first-order valence-corrected chi connectivity index (χ1v) is 6.19. The molecule has 0 aliphatic heterocycles. The van der Waals surface area contributed by atoms with Crippen LogP contribution in [0.4, 0.5) is 11.4 Å². The predicted octanol–water partition coefficient (Wildman–Crippen LogP) is 2.70. The summed E-state index contributed by atoms with van der Waals surface area (Å²) in [6, 6.07) is 6.27. The van der Waals surface area contributed by atoms with Gasteiger partial charge in [-0.25, -0.2) is 0 Å². The molecule has 1 aromatic rings. The Hall–Kier alpha value is -2.13. The summed E-state index contributed by atoms with van der Waals surface area (Å²) in [6.45, 7) is 4.19. The fourth-order valence-electron chi connectivity index (χ4n) is 1.55. The molecular formula is C13H17N3O3. The number of ether oxygens (including phenoxy) is 1. The average molecular weight is 263 g/mol. The molecule has 0 aliphatic carbocycles. The Morgan fingerprint density at radius 3 is 2.89 bits per heavy atom. The highest BCUT2D eigenvalue weighted by atomic mass is 16.6. The zero-order chi connectivity index (χ0) is 14.1. The number of nitrogens with one attached hydrogen (secondary N) is 1. The minimum atomic E-state index is -0.555. The fraction of sp³-hybridized carbons (Fsp3) is 0.462. The van der Waals surface area contributed by atoms with Gasteiger partial charge in [-0.2, -0.15) is 5.26 Å². The first kappa shape index (κ1) is 14.9. The summed E-state index contributed by atoms with van der Waals surface area (Å²) in [7, 11) is 0. The summed E-state index contributed by atoms with van der Waals surface area (Å²) in [5.41, 5.74) is 0.606. The molecule has 1 aromatic carbocycles. The molecule has 0 heterocycles. The lowest BCUT2D eigenvalue weighted by Crippen LogP contribution is -2.06. The van der Waals surface area contributed by atoms with E-state index in [4.69, 9.17) is 10.00 Å². The first-order valence-electron chi connectivity index (χ1n) is 6.19. The minimum absolute atomic E-state index is 0.0669. The number of nitrogens with zero attached hydrogens (tertiary/aromatic N) is 2. The van der Waals surface area contributed by atoms with Crippen molar-refractivity contribution in [3.8, 4) is 6.07 Å². The number of nitriles is 1. The molecule has 0 amide bonds. The van der Waals surface area contributed by atoms with Crippen LogP contribution in [-0.2, 0) is 4.74 Å². The molecule has 1 N–H and O–H groups in total. The SMILES string of the molecule is CCCOCCCNc1ccc([N+](=O)[O-])c(C#N)c1. The number of nitro groups is 1. The number of hydrogen-bond donors (Lipinski definition) is 1. The Balaban J connectivity index is 2.47. The van der Waals surface area contributed by atoms with E-state index in [-0.39, 0.29) is 11.3 Å². The molecule has 0 saturated heterocycles. The normalized spacial score (nSPS) is 9.89. The molecule has 102 valence electrons. The number of benzene rings is 1. The van der Waals surface area contributed by atoms with Gasteiger partial charge in [0.25, 0.3) is 5.69 Å². The van der Waals surface area contributed by atoms with Crippen LogP contribution in [0.5, 0.6) is 0 Å². The van der Waals surface area contributed by atoms with Crippen molar-refractivity contribution in [3.05, 3.63) is 33.9 Å². The van der Waals surface area contributed by atoms with E-state index in [1.165, 1.54) is 12.1 Å². The molecule has 0 radical (unpaired) electrons. The third kappa shape index (κ3) is 4.94. The van der Waals surface area contributed by atoms with Crippen molar-refractivity contribution in [2.45, 2.75) is 19.8 Å². The van der Waals surface area contributed by atoms with Crippen LogP contribution in [0.25, 0.3) is 0 Å². The molecule has 0 fully saturated rings. The monoisotopic (exact) mass is 263 g/mol. The van der Waals surface area contributed by atoms with Crippen molar-refractivity contribution in [3.63, 3.8) is 0 Å². The van der Waals surface area contributed by atoms with Crippen LogP contribution in [0.2, 0.25) is 0 Å². The van der Waals surface area contributed by atoms with Crippen molar-refractivity contribution in [1.29, 1.82) is 5.26 Å². The maximum Gasteiger partial charge on any atom is 0.287 e. The summed E-state index contributed by atoms with van der Waals surface area (Å²) < 4.78 is 5.33. The van der Waals surface area contributed by atoms with Gasteiger partial charge in [-0.05, 0) is 25.0 Å². The van der Waals surface area contributed by atoms with Gasteiger partial charge in [0, 0.05) is 31.5 Å². The lowest BCUT2D eigenvalue weighted by molar-refractivity contribution is -0.385. The van der Waals surface area contributed by atoms with Gasteiger partial charge in [-0.1, -0.05) is 6.92 Å². The molecule has 6 nitrogen and oxygen atoms in total. The van der Waals surface area contributed by atoms with E-state index in [0.717, 1.165) is 19.4 Å². The van der Waals surface area contributed by atoms with Crippen LogP contribution in [0.15, 0.2) is 18.2 Å².